The fraction of sp³-hybridized carbons (Fsp3) is 0.833. The van der Waals surface area contributed by atoms with Crippen LogP contribution in [0.3, 0.4) is 0 Å². The number of likely N-dealkylation sites (tertiary alicyclic amines) is 1. The Bertz CT molecular complexity index is 350. The van der Waals surface area contributed by atoms with E-state index in [1.54, 1.807) is 0 Å². The predicted molar refractivity (Wildman–Crippen MR) is 64.5 cm³/mol. The second-order valence-electron chi connectivity index (χ2n) is 5.67. The molecule has 0 N–H and O–H groups in total. The van der Waals surface area contributed by atoms with Crippen LogP contribution in [-0.4, -0.2) is 39.5 Å². The maximum absolute atomic E-state index is 4.28. The Morgan fingerprint density at radius 1 is 1.44 bits per heavy atom. The van der Waals surface area contributed by atoms with Gasteiger partial charge in [0.2, 0.25) is 0 Å². The molecule has 0 aliphatic carbocycles. The van der Waals surface area contributed by atoms with E-state index in [0.717, 1.165) is 18.8 Å². The Hall–Kier alpha value is -0.900. The standard InChI is InChI=1S/C12H22N4/c1-5-15-7-6-10(8-15)16-9-11(13-14-16)12(2,3)4/h9-10H,5-8H2,1-4H3. The van der Waals surface area contributed by atoms with E-state index in [4.69, 9.17) is 0 Å². The highest BCUT2D eigenvalue weighted by molar-refractivity contribution is 5.07. The average Bonchev–Trinajstić information content (AvgIpc) is 2.85. The molecule has 1 unspecified atom stereocenters. The van der Waals surface area contributed by atoms with Crippen LogP contribution in [0.4, 0.5) is 0 Å². The molecule has 90 valence electrons. The summed E-state index contributed by atoms with van der Waals surface area (Å²) in [7, 11) is 0. The van der Waals surface area contributed by atoms with Crippen molar-refractivity contribution in [1.82, 2.24) is 19.9 Å². The topological polar surface area (TPSA) is 34.0 Å². The number of nitrogens with zero attached hydrogens (tertiary/aromatic N) is 4. The molecule has 2 rings (SSSR count). The maximum atomic E-state index is 4.28. The van der Waals surface area contributed by atoms with Crippen molar-refractivity contribution >= 4 is 0 Å². The van der Waals surface area contributed by atoms with Gasteiger partial charge in [-0.1, -0.05) is 32.9 Å². The first-order chi connectivity index (χ1) is 7.50. The molecule has 0 radical (unpaired) electrons. The van der Waals surface area contributed by atoms with Gasteiger partial charge in [0.05, 0.1) is 11.7 Å². The first-order valence-corrected chi connectivity index (χ1v) is 6.15. The highest BCUT2D eigenvalue weighted by atomic mass is 15.4. The molecule has 1 aliphatic rings. The maximum Gasteiger partial charge on any atom is 0.0880 e. The molecule has 0 bridgehead atoms. The Morgan fingerprint density at radius 2 is 2.19 bits per heavy atom. The number of aromatic nitrogens is 3. The smallest absolute Gasteiger partial charge is 0.0880 e. The van der Waals surface area contributed by atoms with Crippen molar-refractivity contribution in [3.8, 4) is 0 Å². The monoisotopic (exact) mass is 222 g/mol. The van der Waals surface area contributed by atoms with Crippen LogP contribution in [0.15, 0.2) is 6.20 Å². The van der Waals surface area contributed by atoms with Crippen LogP contribution < -0.4 is 0 Å². The zero-order valence-electron chi connectivity index (χ0n) is 10.8. The molecule has 4 nitrogen and oxygen atoms in total. The van der Waals surface area contributed by atoms with Gasteiger partial charge in [-0.25, -0.2) is 4.68 Å². The SMILES string of the molecule is CCN1CCC(n2cc(C(C)(C)C)nn2)C1. The fourth-order valence-corrected chi connectivity index (χ4v) is 2.11. The summed E-state index contributed by atoms with van der Waals surface area (Å²) in [6, 6.07) is 0.517. The molecule has 4 heteroatoms. The molecule has 0 aromatic carbocycles. The highest BCUT2D eigenvalue weighted by Gasteiger charge is 2.25. The van der Waals surface area contributed by atoms with Gasteiger partial charge in [-0.15, -0.1) is 5.10 Å². The summed E-state index contributed by atoms with van der Waals surface area (Å²) in [4.78, 5) is 2.46. The normalized spacial score (nSPS) is 22.9. The Kier molecular flexibility index (Phi) is 3.02. The molecule has 1 aromatic rings. The number of hydrogen-bond acceptors (Lipinski definition) is 3. The Morgan fingerprint density at radius 3 is 2.69 bits per heavy atom. The third kappa shape index (κ3) is 2.26. The lowest BCUT2D eigenvalue weighted by molar-refractivity contribution is 0.334. The summed E-state index contributed by atoms with van der Waals surface area (Å²) in [5.41, 5.74) is 1.18. The molecule has 1 atom stereocenters. The Balaban J connectivity index is 2.08. The minimum absolute atomic E-state index is 0.0985. The molecule has 0 spiro atoms. The summed E-state index contributed by atoms with van der Waals surface area (Å²) in [6.07, 6.45) is 3.31. The molecule has 1 aliphatic heterocycles. The van der Waals surface area contributed by atoms with Crippen molar-refractivity contribution in [3.05, 3.63) is 11.9 Å². The van der Waals surface area contributed by atoms with E-state index in [-0.39, 0.29) is 5.41 Å². The van der Waals surface area contributed by atoms with Crippen molar-refractivity contribution in [2.75, 3.05) is 19.6 Å². The first kappa shape index (κ1) is 11.6. The number of rotatable bonds is 2. The summed E-state index contributed by atoms with van der Waals surface area (Å²) in [6.45, 7) is 12.2. The lowest BCUT2D eigenvalue weighted by atomic mass is 9.93. The second-order valence-corrected chi connectivity index (χ2v) is 5.67. The van der Waals surface area contributed by atoms with Gasteiger partial charge < -0.3 is 4.90 Å². The molecule has 1 saturated heterocycles. The summed E-state index contributed by atoms with van der Waals surface area (Å²) in [5.74, 6) is 0. The van der Waals surface area contributed by atoms with Gasteiger partial charge in [-0.05, 0) is 13.0 Å². The third-order valence-corrected chi connectivity index (χ3v) is 3.35. The van der Waals surface area contributed by atoms with Crippen LogP contribution in [-0.2, 0) is 5.41 Å². The van der Waals surface area contributed by atoms with Crippen molar-refractivity contribution in [1.29, 1.82) is 0 Å². The van der Waals surface area contributed by atoms with Gasteiger partial charge >= 0.3 is 0 Å². The van der Waals surface area contributed by atoms with Crippen LogP contribution in [0.2, 0.25) is 0 Å². The minimum atomic E-state index is 0.0985. The highest BCUT2D eigenvalue weighted by Crippen LogP contribution is 2.24. The van der Waals surface area contributed by atoms with E-state index < -0.39 is 0 Å². The first-order valence-electron chi connectivity index (χ1n) is 6.15. The van der Waals surface area contributed by atoms with Gasteiger partial charge in [0.15, 0.2) is 0 Å². The Labute approximate surface area is 97.6 Å². The summed E-state index contributed by atoms with van der Waals surface area (Å²) in [5, 5.41) is 8.55. The van der Waals surface area contributed by atoms with Crippen LogP contribution in [0.5, 0.6) is 0 Å². The fourth-order valence-electron chi connectivity index (χ4n) is 2.11. The average molecular weight is 222 g/mol. The lowest BCUT2D eigenvalue weighted by Crippen LogP contribution is -2.21. The van der Waals surface area contributed by atoms with Crippen LogP contribution in [0.1, 0.15) is 45.9 Å². The van der Waals surface area contributed by atoms with E-state index in [1.165, 1.54) is 13.0 Å². The lowest BCUT2D eigenvalue weighted by Gasteiger charge is -2.14. The predicted octanol–water partition coefficient (Wildman–Crippen LogP) is 1.84. The molecule has 2 heterocycles. The molecule has 1 fully saturated rings. The van der Waals surface area contributed by atoms with E-state index in [1.807, 2.05) is 0 Å². The van der Waals surface area contributed by atoms with E-state index in [0.29, 0.717) is 6.04 Å². The number of hydrogen-bond donors (Lipinski definition) is 0. The van der Waals surface area contributed by atoms with Gasteiger partial charge in [-0.2, -0.15) is 0 Å². The minimum Gasteiger partial charge on any atom is -0.301 e. The van der Waals surface area contributed by atoms with Gasteiger partial charge in [0, 0.05) is 24.7 Å². The summed E-state index contributed by atoms with van der Waals surface area (Å²) >= 11 is 0. The molecule has 0 amide bonds. The zero-order valence-corrected chi connectivity index (χ0v) is 10.8. The molecular weight excluding hydrogens is 200 g/mol. The molecular formula is C12H22N4. The van der Waals surface area contributed by atoms with Gasteiger partial charge in [0.1, 0.15) is 0 Å². The van der Waals surface area contributed by atoms with Crippen LogP contribution in [0, 0.1) is 0 Å². The van der Waals surface area contributed by atoms with Crippen molar-refractivity contribution < 1.29 is 0 Å². The van der Waals surface area contributed by atoms with E-state index >= 15 is 0 Å². The quantitative estimate of drug-likeness (QED) is 0.765. The van der Waals surface area contributed by atoms with Crippen molar-refractivity contribution in [3.63, 3.8) is 0 Å². The molecule has 1 aromatic heterocycles. The zero-order chi connectivity index (χ0) is 11.8. The summed E-state index contributed by atoms with van der Waals surface area (Å²) < 4.78 is 2.05. The van der Waals surface area contributed by atoms with Crippen molar-refractivity contribution in [2.24, 2.45) is 0 Å². The van der Waals surface area contributed by atoms with Gasteiger partial charge in [0.25, 0.3) is 0 Å². The van der Waals surface area contributed by atoms with Gasteiger partial charge in [-0.3, -0.25) is 0 Å². The van der Waals surface area contributed by atoms with E-state index in [9.17, 15) is 0 Å². The van der Waals surface area contributed by atoms with Crippen molar-refractivity contribution in [2.45, 2.75) is 45.6 Å². The molecule has 16 heavy (non-hydrogen) atoms. The number of likely N-dealkylation sites (N-methyl/N-ethyl adjacent to an activating group) is 1. The van der Waals surface area contributed by atoms with Crippen LogP contribution in [0.25, 0.3) is 0 Å². The molecule has 0 saturated carbocycles. The third-order valence-electron chi connectivity index (χ3n) is 3.35. The van der Waals surface area contributed by atoms with E-state index in [2.05, 4.69) is 53.8 Å². The van der Waals surface area contributed by atoms with Crippen LogP contribution >= 0.6 is 0 Å². The largest absolute Gasteiger partial charge is 0.301 e. The second kappa shape index (κ2) is 4.17.